The minimum Gasteiger partial charge on any atom is -0.337 e. The zero-order valence-electron chi connectivity index (χ0n) is 13.2. The molecule has 0 aliphatic heterocycles. The molecule has 23 heavy (non-hydrogen) atoms. The summed E-state index contributed by atoms with van der Waals surface area (Å²) in [5.41, 5.74) is 0.926. The molecule has 0 atom stereocenters. The molecule has 120 valence electrons. The number of carbonyl (C=O) groups is 1. The maximum absolute atomic E-state index is 12.2. The number of hydrogen-bond acceptors (Lipinski definition) is 6. The molecule has 0 bridgehead atoms. The van der Waals surface area contributed by atoms with Gasteiger partial charge in [0.2, 0.25) is 5.91 Å². The van der Waals surface area contributed by atoms with Gasteiger partial charge in [-0.3, -0.25) is 9.20 Å². The molecule has 1 aliphatic rings. The van der Waals surface area contributed by atoms with Crippen LogP contribution < -0.4 is 5.32 Å². The van der Waals surface area contributed by atoms with Gasteiger partial charge in [0.1, 0.15) is 11.4 Å². The molecule has 1 fully saturated rings. The van der Waals surface area contributed by atoms with Crippen LogP contribution in [0.25, 0.3) is 5.65 Å². The lowest BCUT2D eigenvalue weighted by Gasteiger charge is -2.21. The highest BCUT2D eigenvalue weighted by atomic mass is 32.2. The van der Waals surface area contributed by atoms with E-state index in [1.54, 1.807) is 0 Å². The van der Waals surface area contributed by atoms with Gasteiger partial charge in [-0.2, -0.15) is 5.26 Å². The van der Waals surface area contributed by atoms with E-state index in [1.165, 1.54) is 11.8 Å². The van der Waals surface area contributed by atoms with Crippen molar-refractivity contribution in [1.82, 2.24) is 24.9 Å². The van der Waals surface area contributed by atoms with Crippen LogP contribution in [0.1, 0.15) is 37.2 Å². The van der Waals surface area contributed by atoms with Gasteiger partial charge < -0.3 is 5.32 Å². The lowest BCUT2D eigenvalue weighted by atomic mass is 10.0. The fraction of sp³-hybridized carbons (Fsp3) is 0.533. The number of carbonyl (C=O) groups excluding carboxylic acids is 1. The SMILES string of the molecule is Cc1cc2nnc(SCC(=O)NC3(C#N)CCCC3)n2c(C)n1. The monoisotopic (exact) mass is 330 g/mol. The first-order chi connectivity index (χ1) is 11.0. The van der Waals surface area contributed by atoms with Gasteiger partial charge in [0.25, 0.3) is 0 Å². The molecule has 1 N–H and O–H groups in total. The predicted octanol–water partition coefficient (Wildman–Crippen LogP) is 1.79. The lowest BCUT2D eigenvalue weighted by Crippen LogP contribution is -2.45. The van der Waals surface area contributed by atoms with Gasteiger partial charge in [-0.05, 0) is 39.5 Å². The van der Waals surface area contributed by atoms with Crippen molar-refractivity contribution >= 4 is 23.3 Å². The van der Waals surface area contributed by atoms with Crippen molar-refractivity contribution in [3.05, 3.63) is 17.6 Å². The maximum Gasteiger partial charge on any atom is 0.231 e. The van der Waals surface area contributed by atoms with Crippen LogP contribution in [-0.4, -0.2) is 36.8 Å². The van der Waals surface area contributed by atoms with Crippen LogP contribution in [0.2, 0.25) is 0 Å². The van der Waals surface area contributed by atoms with Gasteiger partial charge in [-0.25, -0.2) is 4.98 Å². The third-order valence-electron chi connectivity index (χ3n) is 4.04. The van der Waals surface area contributed by atoms with Crippen LogP contribution >= 0.6 is 11.8 Å². The number of aromatic nitrogens is 4. The second-order valence-electron chi connectivity index (χ2n) is 5.86. The number of nitrogens with one attached hydrogen (secondary N) is 1. The Morgan fingerprint density at radius 1 is 1.43 bits per heavy atom. The molecule has 0 saturated heterocycles. The molecule has 3 rings (SSSR count). The van der Waals surface area contributed by atoms with Crippen LogP contribution in [-0.2, 0) is 4.79 Å². The minimum absolute atomic E-state index is 0.145. The number of hydrogen-bond donors (Lipinski definition) is 1. The number of aryl methyl sites for hydroxylation is 2. The summed E-state index contributed by atoms with van der Waals surface area (Å²) in [5.74, 6) is 0.850. The molecule has 7 nitrogen and oxygen atoms in total. The van der Waals surface area contributed by atoms with E-state index in [0.29, 0.717) is 5.16 Å². The predicted molar refractivity (Wildman–Crippen MR) is 85.9 cm³/mol. The average molecular weight is 330 g/mol. The van der Waals surface area contributed by atoms with E-state index in [-0.39, 0.29) is 11.7 Å². The Bertz CT molecular complexity index is 787. The Hall–Kier alpha value is -2.14. The second kappa shape index (κ2) is 6.16. The Kier molecular flexibility index (Phi) is 4.22. The summed E-state index contributed by atoms with van der Waals surface area (Å²) in [6.07, 6.45) is 3.44. The molecule has 8 heteroatoms. The molecule has 2 aromatic rings. The standard InChI is InChI=1S/C15H18N6OS/c1-10-7-12-19-20-14(21(12)11(2)17-10)23-8-13(22)18-15(9-16)5-3-4-6-15/h7H,3-6,8H2,1-2H3,(H,18,22). The van der Waals surface area contributed by atoms with Crippen molar-refractivity contribution in [3.8, 4) is 6.07 Å². The van der Waals surface area contributed by atoms with Crippen LogP contribution in [0.4, 0.5) is 0 Å². The smallest absolute Gasteiger partial charge is 0.231 e. The number of nitrogens with zero attached hydrogens (tertiary/aromatic N) is 5. The first kappa shape index (κ1) is 15.7. The molecular weight excluding hydrogens is 312 g/mol. The average Bonchev–Trinajstić information content (AvgIpc) is 3.12. The Balaban J connectivity index is 1.69. The third kappa shape index (κ3) is 3.15. The number of amides is 1. The zero-order chi connectivity index (χ0) is 16.4. The van der Waals surface area contributed by atoms with E-state index in [0.717, 1.165) is 42.8 Å². The summed E-state index contributed by atoms with van der Waals surface area (Å²) in [5, 5.41) is 21.1. The van der Waals surface area contributed by atoms with Crippen molar-refractivity contribution in [2.75, 3.05) is 5.75 Å². The molecule has 1 amide bonds. The van der Waals surface area contributed by atoms with Gasteiger partial charge in [-0.1, -0.05) is 11.8 Å². The Morgan fingerprint density at radius 2 is 2.17 bits per heavy atom. The highest BCUT2D eigenvalue weighted by Gasteiger charge is 2.35. The third-order valence-corrected chi connectivity index (χ3v) is 4.97. The van der Waals surface area contributed by atoms with E-state index in [9.17, 15) is 10.1 Å². The van der Waals surface area contributed by atoms with Crippen LogP contribution in [0.15, 0.2) is 11.2 Å². The van der Waals surface area contributed by atoms with E-state index >= 15 is 0 Å². The first-order valence-corrected chi connectivity index (χ1v) is 8.56. The van der Waals surface area contributed by atoms with E-state index in [1.807, 2.05) is 24.3 Å². The number of thioether (sulfide) groups is 1. The van der Waals surface area contributed by atoms with Crippen LogP contribution in [0, 0.1) is 25.2 Å². The molecular formula is C15H18N6OS. The van der Waals surface area contributed by atoms with Gasteiger partial charge in [0, 0.05) is 11.8 Å². The van der Waals surface area contributed by atoms with Gasteiger partial charge in [0.05, 0.1) is 11.8 Å². The highest BCUT2D eigenvalue weighted by Crippen LogP contribution is 2.29. The largest absolute Gasteiger partial charge is 0.337 e. The van der Waals surface area contributed by atoms with E-state index in [4.69, 9.17) is 0 Å². The summed E-state index contributed by atoms with van der Waals surface area (Å²) in [4.78, 5) is 16.6. The molecule has 2 aromatic heterocycles. The molecule has 1 aliphatic carbocycles. The van der Waals surface area contributed by atoms with Gasteiger partial charge >= 0.3 is 0 Å². The number of fused-ring (bicyclic) bond motifs is 1. The normalized spacial score (nSPS) is 16.4. The van der Waals surface area contributed by atoms with Crippen molar-refractivity contribution in [2.45, 2.75) is 50.2 Å². The molecule has 0 radical (unpaired) electrons. The minimum atomic E-state index is -0.681. The highest BCUT2D eigenvalue weighted by molar-refractivity contribution is 7.99. The fourth-order valence-electron chi connectivity index (χ4n) is 2.97. The van der Waals surface area contributed by atoms with E-state index < -0.39 is 5.54 Å². The van der Waals surface area contributed by atoms with Crippen molar-refractivity contribution in [2.24, 2.45) is 0 Å². The summed E-state index contributed by atoms with van der Waals surface area (Å²) in [7, 11) is 0. The quantitative estimate of drug-likeness (QED) is 0.859. The second-order valence-corrected chi connectivity index (χ2v) is 6.80. The Labute approximate surface area is 138 Å². The van der Waals surface area contributed by atoms with Crippen molar-refractivity contribution < 1.29 is 4.79 Å². The van der Waals surface area contributed by atoms with E-state index in [2.05, 4.69) is 26.6 Å². The van der Waals surface area contributed by atoms with Crippen LogP contribution in [0.5, 0.6) is 0 Å². The Morgan fingerprint density at radius 3 is 2.87 bits per heavy atom. The summed E-state index contributed by atoms with van der Waals surface area (Å²) in [6, 6.07) is 4.12. The lowest BCUT2D eigenvalue weighted by molar-refractivity contribution is -0.119. The maximum atomic E-state index is 12.2. The zero-order valence-corrected chi connectivity index (χ0v) is 14.0. The first-order valence-electron chi connectivity index (χ1n) is 7.57. The molecule has 0 aromatic carbocycles. The summed E-state index contributed by atoms with van der Waals surface area (Å²) in [6.45, 7) is 3.79. The molecule has 0 unspecified atom stereocenters. The summed E-state index contributed by atoms with van der Waals surface area (Å²) >= 11 is 1.31. The fourth-order valence-corrected chi connectivity index (χ4v) is 3.76. The summed E-state index contributed by atoms with van der Waals surface area (Å²) < 4.78 is 1.83. The van der Waals surface area contributed by atoms with Gasteiger partial charge in [-0.15, -0.1) is 10.2 Å². The van der Waals surface area contributed by atoms with Crippen LogP contribution in [0.3, 0.4) is 0 Å². The molecule has 0 spiro atoms. The number of rotatable bonds is 4. The molecule has 1 saturated carbocycles. The number of nitriles is 1. The van der Waals surface area contributed by atoms with Gasteiger partial charge in [0.15, 0.2) is 10.8 Å². The molecule has 2 heterocycles. The van der Waals surface area contributed by atoms with Crippen molar-refractivity contribution in [3.63, 3.8) is 0 Å². The van der Waals surface area contributed by atoms with Crippen molar-refractivity contribution in [1.29, 1.82) is 5.26 Å². The topological polar surface area (TPSA) is 96.0 Å².